The van der Waals surface area contributed by atoms with Crippen molar-refractivity contribution in [2.45, 2.75) is 33.1 Å². The van der Waals surface area contributed by atoms with Gasteiger partial charge in [0.2, 0.25) is 5.95 Å². The zero-order valence-electron chi connectivity index (χ0n) is 13.0. The molecule has 1 N–H and O–H groups in total. The van der Waals surface area contributed by atoms with Gasteiger partial charge in [0, 0.05) is 25.0 Å². The number of anilines is 2. The van der Waals surface area contributed by atoms with Crippen molar-refractivity contribution in [3.05, 3.63) is 24.3 Å². The first-order valence-electron chi connectivity index (χ1n) is 8.07. The van der Waals surface area contributed by atoms with Gasteiger partial charge >= 0.3 is 0 Å². The number of hydrogen-bond acceptors (Lipinski definition) is 4. The molecular weight excluding hydrogens is 260 g/mol. The quantitative estimate of drug-likeness (QED) is 0.842. The predicted molar refractivity (Wildman–Crippen MR) is 88.9 cm³/mol. The lowest BCUT2D eigenvalue weighted by Gasteiger charge is -2.24. The first-order chi connectivity index (χ1) is 10.3. The molecule has 0 aliphatic heterocycles. The van der Waals surface area contributed by atoms with E-state index < -0.39 is 0 Å². The zero-order valence-corrected chi connectivity index (χ0v) is 13.0. The number of aromatic nitrogens is 2. The van der Waals surface area contributed by atoms with Crippen molar-refractivity contribution < 1.29 is 0 Å². The molecular formula is C17H24N4. The lowest BCUT2D eigenvalue weighted by atomic mass is 10.2. The van der Waals surface area contributed by atoms with E-state index in [9.17, 15) is 0 Å². The second kappa shape index (κ2) is 6.29. The Morgan fingerprint density at radius 3 is 2.71 bits per heavy atom. The van der Waals surface area contributed by atoms with E-state index in [-0.39, 0.29) is 0 Å². The average molecular weight is 284 g/mol. The fraction of sp³-hybridized carbons (Fsp3) is 0.529. The molecule has 1 aromatic heterocycles. The van der Waals surface area contributed by atoms with Gasteiger partial charge in [-0.1, -0.05) is 19.1 Å². The third kappa shape index (κ3) is 3.26. The molecule has 4 nitrogen and oxygen atoms in total. The molecule has 21 heavy (non-hydrogen) atoms. The minimum absolute atomic E-state index is 0.750. The molecule has 3 rings (SSSR count). The number of para-hydroxylation sites is 1. The van der Waals surface area contributed by atoms with Crippen LogP contribution in [0, 0.1) is 5.92 Å². The van der Waals surface area contributed by atoms with Gasteiger partial charge in [0.1, 0.15) is 5.82 Å². The van der Waals surface area contributed by atoms with Crippen LogP contribution in [0.15, 0.2) is 24.3 Å². The summed E-state index contributed by atoms with van der Waals surface area (Å²) in [6.07, 6.45) is 3.80. The molecule has 1 aromatic carbocycles. The zero-order chi connectivity index (χ0) is 14.7. The van der Waals surface area contributed by atoms with Crippen molar-refractivity contribution in [3.8, 4) is 0 Å². The highest BCUT2D eigenvalue weighted by Gasteiger charge is 2.25. The normalized spacial score (nSPS) is 14.4. The highest BCUT2D eigenvalue weighted by molar-refractivity contribution is 5.90. The van der Waals surface area contributed by atoms with E-state index in [4.69, 9.17) is 4.98 Å². The second-order valence-corrected chi connectivity index (χ2v) is 5.80. The van der Waals surface area contributed by atoms with Gasteiger partial charge in [-0.25, -0.2) is 4.98 Å². The summed E-state index contributed by atoms with van der Waals surface area (Å²) in [5, 5.41) is 4.48. The van der Waals surface area contributed by atoms with E-state index >= 15 is 0 Å². The minimum Gasteiger partial charge on any atom is -0.356 e. The number of fused-ring (bicyclic) bond motifs is 1. The van der Waals surface area contributed by atoms with E-state index in [0.29, 0.717) is 0 Å². The number of rotatable bonds is 7. The molecule has 0 atom stereocenters. The van der Waals surface area contributed by atoms with E-state index in [0.717, 1.165) is 54.6 Å². The van der Waals surface area contributed by atoms with Crippen molar-refractivity contribution in [2.24, 2.45) is 5.92 Å². The summed E-state index contributed by atoms with van der Waals surface area (Å²) in [5.41, 5.74) is 1.02. The third-order valence-electron chi connectivity index (χ3n) is 3.97. The molecule has 0 bridgehead atoms. The summed E-state index contributed by atoms with van der Waals surface area (Å²) in [7, 11) is 0. The fourth-order valence-electron chi connectivity index (χ4n) is 2.59. The van der Waals surface area contributed by atoms with E-state index in [2.05, 4.69) is 47.2 Å². The first kappa shape index (κ1) is 14.1. The molecule has 0 radical (unpaired) electrons. The van der Waals surface area contributed by atoms with Gasteiger partial charge in [-0.2, -0.15) is 4.98 Å². The first-order valence-corrected chi connectivity index (χ1v) is 8.07. The lowest BCUT2D eigenvalue weighted by Crippen LogP contribution is -2.27. The largest absolute Gasteiger partial charge is 0.356 e. The van der Waals surface area contributed by atoms with Gasteiger partial charge in [0.25, 0.3) is 0 Å². The van der Waals surface area contributed by atoms with Gasteiger partial charge in [-0.3, -0.25) is 0 Å². The molecule has 1 aliphatic carbocycles. The Balaban J connectivity index is 1.99. The SMILES string of the molecule is CCCNc1nc(N(CC)CC2CC2)c2ccccc2n1. The Morgan fingerprint density at radius 1 is 1.19 bits per heavy atom. The van der Waals surface area contributed by atoms with Crippen LogP contribution < -0.4 is 10.2 Å². The van der Waals surface area contributed by atoms with Gasteiger partial charge in [0.15, 0.2) is 0 Å². The summed E-state index contributed by atoms with van der Waals surface area (Å²) in [6, 6.07) is 8.31. The van der Waals surface area contributed by atoms with Crippen LogP contribution in [0.5, 0.6) is 0 Å². The minimum atomic E-state index is 0.750. The van der Waals surface area contributed by atoms with Crippen molar-refractivity contribution in [1.29, 1.82) is 0 Å². The molecule has 1 saturated carbocycles. The van der Waals surface area contributed by atoms with Crippen LogP contribution in [0.3, 0.4) is 0 Å². The van der Waals surface area contributed by atoms with Crippen LogP contribution in [0.4, 0.5) is 11.8 Å². The van der Waals surface area contributed by atoms with Crippen LogP contribution >= 0.6 is 0 Å². The number of benzene rings is 1. The van der Waals surface area contributed by atoms with Gasteiger partial charge in [-0.15, -0.1) is 0 Å². The van der Waals surface area contributed by atoms with E-state index in [1.54, 1.807) is 0 Å². The molecule has 1 heterocycles. The molecule has 0 saturated heterocycles. The van der Waals surface area contributed by atoms with E-state index in [1.165, 1.54) is 12.8 Å². The summed E-state index contributed by atoms with van der Waals surface area (Å²) in [4.78, 5) is 11.8. The Hall–Kier alpha value is -1.84. The number of nitrogens with zero attached hydrogens (tertiary/aromatic N) is 3. The molecule has 112 valence electrons. The maximum Gasteiger partial charge on any atom is 0.225 e. The predicted octanol–water partition coefficient (Wildman–Crippen LogP) is 3.69. The van der Waals surface area contributed by atoms with Crippen LogP contribution in [0.1, 0.15) is 33.1 Å². The van der Waals surface area contributed by atoms with Crippen LogP contribution in [0.25, 0.3) is 10.9 Å². The Labute approximate surface area is 126 Å². The van der Waals surface area contributed by atoms with Crippen molar-refractivity contribution in [2.75, 3.05) is 29.9 Å². The van der Waals surface area contributed by atoms with Gasteiger partial charge in [-0.05, 0) is 44.2 Å². The van der Waals surface area contributed by atoms with Crippen molar-refractivity contribution in [1.82, 2.24) is 9.97 Å². The molecule has 1 aliphatic rings. The molecule has 0 spiro atoms. The molecule has 1 fully saturated rings. The third-order valence-corrected chi connectivity index (χ3v) is 3.97. The second-order valence-electron chi connectivity index (χ2n) is 5.80. The molecule has 2 aromatic rings. The summed E-state index contributed by atoms with van der Waals surface area (Å²) >= 11 is 0. The van der Waals surface area contributed by atoms with E-state index in [1.807, 2.05) is 6.07 Å². The molecule has 0 unspecified atom stereocenters. The van der Waals surface area contributed by atoms with Crippen molar-refractivity contribution in [3.63, 3.8) is 0 Å². The van der Waals surface area contributed by atoms with Gasteiger partial charge in [0.05, 0.1) is 5.52 Å². The summed E-state index contributed by atoms with van der Waals surface area (Å²) in [5.74, 6) is 2.68. The van der Waals surface area contributed by atoms with Crippen LogP contribution in [0.2, 0.25) is 0 Å². The molecule has 4 heteroatoms. The van der Waals surface area contributed by atoms with Gasteiger partial charge < -0.3 is 10.2 Å². The maximum absolute atomic E-state index is 4.79. The molecule has 0 amide bonds. The number of nitrogens with one attached hydrogen (secondary N) is 1. The average Bonchev–Trinajstić information content (AvgIpc) is 3.34. The fourth-order valence-corrected chi connectivity index (χ4v) is 2.59. The Morgan fingerprint density at radius 2 is 2.00 bits per heavy atom. The standard InChI is InChI=1S/C17H24N4/c1-3-11-18-17-19-15-8-6-5-7-14(15)16(20-17)21(4-2)12-13-9-10-13/h5-8,13H,3-4,9-12H2,1-2H3,(H,18,19,20). The summed E-state index contributed by atoms with van der Waals surface area (Å²) in [6.45, 7) is 7.38. The smallest absolute Gasteiger partial charge is 0.225 e. The highest BCUT2D eigenvalue weighted by atomic mass is 15.2. The lowest BCUT2D eigenvalue weighted by molar-refractivity contribution is 0.734. The Bertz CT molecular complexity index is 607. The van der Waals surface area contributed by atoms with Crippen molar-refractivity contribution >= 4 is 22.7 Å². The number of hydrogen-bond donors (Lipinski definition) is 1. The monoisotopic (exact) mass is 284 g/mol. The van der Waals surface area contributed by atoms with Crippen LogP contribution in [-0.2, 0) is 0 Å². The highest BCUT2D eigenvalue weighted by Crippen LogP contribution is 2.33. The summed E-state index contributed by atoms with van der Waals surface area (Å²) < 4.78 is 0. The maximum atomic E-state index is 4.79. The van der Waals surface area contributed by atoms with Crippen LogP contribution in [-0.4, -0.2) is 29.6 Å². The topological polar surface area (TPSA) is 41.1 Å². The Kier molecular flexibility index (Phi) is 4.23.